The van der Waals surface area contributed by atoms with Crippen LogP contribution in [0.4, 0.5) is 0 Å². The molecule has 0 aromatic heterocycles. The zero-order valence-electron chi connectivity index (χ0n) is 6.78. The molecule has 1 radical (unpaired) electrons. The molecule has 1 saturated heterocycles. The highest BCUT2D eigenvalue weighted by atomic mass is 32.2. The van der Waals surface area contributed by atoms with E-state index in [4.69, 9.17) is 0 Å². The molecule has 0 bridgehead atoms. The van der Waals surface area contributed by atoms with Gasteiger partial charge in [0, 0.05) is 13.1 Å². The zero-order chi connectivity index (χ0) is 8.32. The Kier molecular flexibility index (Phi) is 2.90. The second-order valence-corrected chi connectivity index (χ2v) is 4.76. The van der Waals surface area contributed by atoms with Gasteiger partial charge in [-0.1, -0.05) is 6.42 Å². The summed E-state index contributed by atoms with van der Waals surface area (Å²) in [5, 5.41) is 0. The predicted octanol–water partition coefficient (Wildman–Crippen LogP) is 0.984. The lowest BCUT2D eigenvalue weighted by molar-refractivity contribution is 0.349. The molecule has 0 amide bonds. The molecule has 0 atom stereocenters. The van der Waals surface area contributed by atoms with E-state index in [1.165, 1.54) is 5.75 Å². The number of rotatable bonds is 2. The van der Waals surface area contributed by atoms with Crippen molar-refractivity contribution in [2.45, 2.75) is 26.2 Å². The minimum atomic E-state index is -3.01. The minimum absolute atomic E-state index is 0.701. The van der Waals surface area contributed by atoms with E-state index in [2.05, 4.69) is 0 Å². The quantitative estimate of drug-likeness (QED) is 0.629. The SMILES string of the molecule is C[CH]S(=O)(=O)N1CCCCC1. The van der Waals surface area contributed by atoms with Crippen LogP contribution < -0.4 is 0 Å². The third-order valence-electron chi connectivity index (χ3n) is 1.97. The maximum Gasteiger partial charge on any atom is 0.218 e. The molecule has 11 heavy (non-hydrogen) atoms. The molecule has 1 rings (SSSR count). The van der Waals surface area contributed by atoms with E-state index in [1.807, 2.05) is 0 Å². The average Bonchev–Trinajstić information content (AvgIpc) is 2.06. The highest BCUT2D eigenvalue weighted by Crippen LogP contribution is 2.14. The topological polar surface area (TPSA) is 37.4 Å². The first-order valence-electron chi connectivity index (χ1n) is 3.96. The maximum absolute atomic E-state index is 11.2. The van der Waals surface area contributed by atoms with Gasteiger partial charge in [0.1, 0.15) is 0 Å². The van der Waals surface area contributed by atoms with Gasteiger partial charge in [0.2, 0.25) is 10.0 Å². The standard InChI is InChI=1S/C7H14NO2S/c1-2-11(9,10)8-6-4-3-5-7-8/h2H,3-7H2,1H3. The number of nitrogens with zero attached hydrogens (tertiary/aromatic N) is 1. The Morgan fingerprint density at radius 1 is 1.18 bits per heavy atom. The van der Waals surface area contributed by atoms with E-state index in [0.717, 1.165) is 19.3 Å². The molecule has 65 valence electrons. The van der Waals surface area contributed by atoms with Gasteiger partial charge in [-0.2, -0.15) is 0 Å². The Labute approximate surface area is 68.4 Å². The molecule has 0 spiro atoms. The van der Waals surface area contributed by atoms with Crippen molar-refractivity contribution in [3.05, 3.63) is 5.75 Å². The monoisotopic (exact) mass is 176 g/mol. The number of piperidine rings is 1. The summed E-state index contributed by atoms with van der Waals surface area (Å²) >= 11 is 0. The summed E-state index contributed by atoms with van der Waals surface area (Å²) in [5.74, 6) is 1.28. The van der Waals surface area contributed by atoms with E-state index < -0.39 is 10.0 Å². The predicted molar refractivity (Wildman–Crippen MR) is 44.3 cm³/mol. The van der Waals surface area contributed by atoms with Crippen molar-refractivity contribution in [1.82, 2.24) is 4.31 Å². The summed E-state index contributed by atoms with van der Waals surface area (Å²) < 4.78 is 24.0. The van der Waals surface area contributed by atoms with Crippen molar-refractivity contribution >= 4 is 10.0 Å². The van der Waals surface area contributed by atoms with Crippen LogP contribution in [0.5, 0.6) is 0 Å². The lowest BCUT2D eigenvalue weighted by Gasteiger charge is -2.24. The van der Waals surface area contributed by atoms with E-state index in [0.29, 0.717) is 13.1 Å². The lowest BCUT2D eigenvalue weighted by atomic mass is 10.2. The van der Waals surface area contributed by atoms with Gasteiger partial charge >= 0.3 is 0 Å². The van der Waals surface area contributed by atoms with Crippen LogP contribution in [0.15, 0.2) is 0 Å². The van der Waals surface area contributed by atoms with Crippen LogP contribution in [0.2, 0.25) is 0 Å². The molecule has 0 N–H and O–H groups in total. The van der Waals surface area contributed by atoms with E-state index >= 15 is 0 Å². The zero-order valence-corrected chi connectivity index (χ0v) is 7.60. The minimum Gasteiger partial charge on any atom is -0.212 e. The fourth-order valence-electron chi connectivity index (χ4n) is 1.27. The van der Waals surface area contributed by atoms with Crippen LogP contribution in [-0.4, -0.2) is 25.8 Å². The average molecular weight is 176 g/mol. The summed E-state index contributed by atoms with van der Waals surface area (Å²) in [6.45, 7) is 2.98. The fraction of sp³-hybridized carbons (Fsp3) is 0.857. The molecule has 0 aromatic carbocycles. The number of hydrogen-bond donors (Lipinski definition) is 0. The normalized spacial score (nSPS) is 21.9. The molecule has 0 saturated carbocycles. The summed E-state index contributed by atoms with van der Waals surface area (Å²) in [6, 6.07) is 0. The first kappa shape index (κ1) is 9.00. The van der Waals surface area contributed by atoms with Crippen LogP contribution in [0.25, 0.3) is 0 Å². The molecule has 1 aliphatic heterocycles. The van der Waals surface area contributed by atoms with Crippen LogP contribution in [-0.2, 0) is 10.0 Å². The third kappa shape index (κ3) is 2.17. The van der Waals surface area contributed by atoms with Crippen molar-refractivity contribution < 1.29 is 8.42 Å². The summed E-state index contributed by atoms with van der Waals surface area (Å²) in [5.41, 5.74) is 0. The van der Waals surface area contributed by atoms with Crippen molar-refractivity contribution in [2.75, 3.05) is 13.1 Å². The van der Waals surface area contributed by atoms with Gasteiger partial charge in [0.25, 0.3) is 0 Å². The molecule has 1 fully saturated rings. The maximum atomic E-state index is 11.2. The smallest absolute Gasteiger partial charge is 0.212 e. The summed E-state index contributed by atoms with van der Waals surface area (Å²) in [7, 11) is -3.01. The largest absolute Gasteiger partial charge is 0.218 e. The molecule has 1 heterocycles. The van der Waals surface area contributed by atoms with Gasteiger partial charge in [-0.15, -0.1) is 0 Å². The second-order valence-electron chi connectivity index (χ2n) is 2.74. The first-order chi connectivity index (χ1) is 5.17. The Morgan fingerprint density at radius 2 is 1.73 bits per heavy atom. The van der Waals surface area contributed by atoms with Crippen molar-refractivity contribution in [3.8, 4) is 0 Å². The highest BCUT2D eigenvalue weighted by molar-refractivity contribution is 7.91. The van der Waals surface area contributed by atoms with Gasteiger partial charge in [-0.05, 0) is 19.8 Å². The fourth-order valence-corrected chi connectivity index (χ4v) is 2.33. The highest BCUT2D eigenvalue weighted by Gasteiger charge is 2.21. The van der Waals surface area contributed by atoms with Crippen molar-refractivity contribution in [2.24, 2.45) is 0 Å². The molecule has 3 nitrogen and oxygen atoms in total. The van der Waals surface area contributed by atoms with E-state index in [1.54, 1.807) is 11.2 Å². The second kappa shape index (κ2) is 3.54. The van der Waals surface area contributed by atoms with Crippen LogP contribution in [0.1, 0.15) is 26.2 Å². The van der Waals surface area contributed by atoms with Gasteiger partial charge in [0.15, 0.2) is 0 Å². The molecular weight excluding hydrogens is 162 g/mol. The molecule has 0 aromatic rings. The Morgan fingerprint density at radius 3 is 2.18 bits per heavy atom. The Bertz CT molecular complexity index is 204. The first-order valence-corrected chi connectivity index (χ1v) is 5.46. The van der Waals surface area contributed by atoms with Gasteiger partial charge in [-0.25, -0.2) is 12.7 Å². The summed E-state index contributed by atoms with van der Waals surface area (Å²) in [6.07, 6.45) is 3.18. The summed E-state index contributed by atoms with van der Waals surface area (Å²) in [4.78, 5) is 0. The molecule has 4 heteroatoms. The Balaban J connectivity index is 2.58. The van der Waals surface area contributed by atoms with Crippen molar-refractivity contribution in [3.63, 3.8) is 0 Å². The van der Waals surface area contributed by atoms with Crippen molar-refractivity contribution in [1.29, 1.82) is 0 Å². The lowest BCUT2D eigenvalue weighted by Crippen LogP contribution is -2.35. The Hall–Kier alpha value is -0.0900. The van der Waals surface area contributed by atoms with Crippen LogP contribution in [0, 0.1) is 5.75 Å². The molecule has 0 aliphatic carbocycles. The third-order valence-corrected chi connectivity index (χ3v) is 3.65. The van der Waals surface area contributed by atoms with Gasteiger partial charge in [-0.3, -0.25) is 0 Å². The molecular formula is C7H14NO2S. The van der Waals surface area contributed by atoms with Crippen LogP contribution >= 0.6 is 0 Å². The molecule has 0 unspecified atom stereocenters. The van der Waals surface area contributed by atoms with E-state index in [-0.39, 0.29) is 0 Å². The molecule has 1 aliphatic rings. The number of sulfonamides is 1. The van der Waals surface area contributed by atoms with E-state index in [9.17, 15) is 8.42 Å². The van der Waals surface area contributed by atoms with Gasteiger partial charge < -0.3 is 0 Å². The van der Waals surface area contributed by atoms with Gasteiger partial charge in [0.05, 0.1) is 5.75 Å². The number of hydrogen-bond acceptors (Lipinski definition) is 2. The van der Waals surface area contributed by atoms with Crippen LogP contribution in [0.3, 0.4) is 0 Å².